The van der Waals surface area contributed by atoms with E-state index in [-0.39, 0.29) is 110 Å². The van der Waals surface area contributed by atoms with Crippen LogP contribution in [0, 0.1) is 0 Å². The van der Waals surface area contributed by atoms with E-state index in [4.69, 9.17) is 27.6 Å². The fourth-order valence-corrected chi connectivity index (χ4v) is 12.6. The van der Waals surface area contributed by atoms with E-state index in [9.17, 15) is 43.2 Å². The van der Waals surface area contributed by atoms with Crippen LogP contribution in [0.5, 0.6) is 0 Å². The van der Waals surface area contributed by atoms with Crippen molar-refractivity contribution in [1.29, 1.82) is 0 Å². The number of phosphoric ester groups is 2. The van der Waals surface area contributed by atoms with Gasteiger partial charge < -0.3 is 53.1 Å². The Labute approximate surface area is 607 Å². The van der Waals surface area contributed by atoms with Crippen molar-refractivity contribution in [3.63, 3.8) is 0 Å². The van der Waals surface area contributed by atoms with Crippen molar-refractivity contribution < 1.29 is 130 Å². The van der Waals surface area contributed by atoms with Gasteiger partial charge in [0.15, 0.2) is 0 Å². The van der Waals surface area contributed by atoms with Crippen LogP contribution in [0.15, 0.2) is 0 Å². The van der Waals surface area contributed by atoms with E-state index < -0.39 is 72.2 Å². The molecular weight excluding hydrogens is 1230 g/mol. The van der Waals surface area contributed by atoms with E-state index in [1.807, 2.05) is 0 Å². The molecule has 2 amide bonds. The van der Waals surface area contributed by atoms with Gasteiger partial charge in [-0.15, -0.1) is 0 Å². The first-order valence-electron chi connectivity index (χ1n) is 37.4. The summed E-state index contributed by atoms with van der Waals surface area (Å²) in [6.07, 6.45) is 56.8. The van der Waals surface area contributed by atoms with Crippen LogP contribution in [0.3, 0.4) is 0 Å². The molecule has 0 bridgehead atoms. The number of aliphatic hydroxyl groups is 1. The number of unbranched alkanes of at least 4 members (excludes halogenated alkanes) is 46. The summed E-state index contributed by atoms with van der Waals surface area (Å²) >= 11 is 0. The van der Waals surface area contributed by atoms with Crippen molar-refractivity contribution in [1.82, 2.24) is 10.6 Å². The van der Waals surface area contributed by atoms with Gasteiger partial charge in [-0.25, -0.2) is 0 Å². The zero-order valence-electron chi connectivity index (χ0n) is 60.2. The Morgan fingerprint density at radius 1 is 0.304 bits per heavy atom. The van der Waals surface area contributed by atoms with Gasteiger partial charge in [-0.2, -0.15) is 0 Å². The van der Waals surface area contributed by atoms with Crippen LogP contribution < -0.4 is 79.5 Å². The standard InChI is InChI=1S/C71H140N2O15P2.2Na/c1-5-9-13-17-21-25-29-32-36-40-44-48-52-56-69(76)73-66(60-84-71(78)58-54-50-46-42-38-34-31-27-23-19-15-11-7-3)62-86-90(81,82)88-64-67(74)63-87-89(79,80)85-61-65(72-68(75)55-51-47-43-39-35-28-24-20-16-12-8-4)59-83-70(77)57-53-49-45-41-37-33-30-26-22-18-14-10-6-2;;/h65-67,74H,5-64H2,1-4H3,(H,72,75)(H,73,76)(H,79,80)(H,81,82);;/q;2*+1/p-2. The Kier molecular flexibility index (Phi) is 75.6. The molecule has 5 unspecified atom stereocenters. The minimum atomic E-state index is -5.17. The maximum Gasteiger partial charge on any atom is 1.00 e. The van der Waals surface area contributed by atoms with Crippen molar-refractivity contribution in [2.24, 2.45) is 0 Å². The third kappa shape index (κ3) is 71.3. The summed E-state index contributed by atoms with van der Waals surface area (Å²) in [4.78, 5) is 77.6. The van der Waals surface area contributed by atoms with E-state index in [1.54, 1.807) is 0 Å². The molecule has 92 heavy (non-hydrogen) atoms. The summed E-state index contributed by atoms with van der Waals surface area (Å²) in [5.41, 5.74) is 0. The van der Waals surface area contributed by atoms with Crippen molar-refractivity contribution in [3.8, 4) is 0 Å². The van der Waals surface area contributed by atoms with E-state index in [1.165, 1.54) is 218 Å². The molecule has 0 aliphatic carbocycles. The molecule has 0 radical (unpaired) electrons. The smallest absolute Gasteiger partial charge is 0.756 e. The maximum atomic E-state index is 13.1. The van der Waals surface area contributed by atoms with Gasteiger partial charge in [-0.05, 0) is 25.7 Å². The van der Waals surface area contributed by atoms with Gasteiger partial charge in [-0.1, -0.05) is 323 Å². The normalized spacial score (nSPS) is 13.7. The van der Waals surface area contributed by atoms with Crippen LogP contribution in [0.2, 0.25) is 0 Å². The zero-order chi connectivity index (χ0) is 66.1. The largest absolute Gasteiger partial charge is 1.00 e. The van der Waals surface area contributed by atoms with Gasteiger partial charge >= 0.3 is 71.1 Å². The summed E-state index contributed by atoms with van der Waals surface area (Å²) < 4.78 is 56.8. The number of carbonyl (C=O) groups excluding carboxylic acids is 4. The van der Waals surface area contributed by atoms with Crippen LogP contribution in [0.25, 0.3) is 0 Å². The molecule has 0 spiro atoms. The summed E-state index contributed by atoms with van der Waals surface area (Å²) in [7, 11) is -10.3. The second-order valence-electron chi connectivity index (χ2n) is 25.9. The Hall–Kier alpha value is 0.0600. The van der Waals surface area contributed by atoms with E-state index >= 15 is 0 Å². The molecule has 3 N–H and O–H groups in total. The summed E-state index contributed by atoms with van der Waals surface area (Å²) in [6, 6.07) is -2.05. The Balaban J connectivity index is -0.0000396. The first-order valence-corrected chi connectivity index (χ1v) is 40.4. The summed E-state index contributed by atoms with van der Waals surface area (Å²) in [5.74, 6) is -1.61. The van der Waals surface area contributed by atoms with Gasteiger partial charge in [0.1, 0.15) is 19.3 Å². The SMILES string of the molecule is CCCCCCCCCCCCCCCC(=O)NC(COC(=O)CCCCCCCCCCCCCCC)COP(=O)([O-])OCC(O)COP(=O)([O-])OCC(COC(=O)CCCCCCCCCCCCCCC)NC(=O)CCCCCCCCCCCCC.[Na+].[Na+]. The molecule has 21 heteroatoms. The number of aliphatic hydroxyl groups excluding tert-OH is 1. The second kappa shape index (κ2) is 72.3. The molecule has 5 atom stereocenters. The van der Waals surface area contributed by atoms with E-state index in [0.29, 0.717) is 25.7 Å². The third-order valence-corrected chi connectivity index (χ3v) is 18.7. The van der Waals surface area contributed by atoms with Crippen LogP contribution in [0.1, 0.15) is 374 Å². The van der Waals surface area contributed by atoms with Gasteiger partial charge in [0.2, 0.25) is 11.8 Å². The summed E-state index contributed by atoms with van der Waals surface area (Å²) in [5, 5.41) is 16.0. The number of nitrogens with one attached hydrogen (secondary N) is 2. The summed E-state index contributed by atoms with van der Waals surface area (Å²) in [6.45, 7) is 5.10. The molecule has 0 saturated carbocycles. The van der Waals surface area contributed by atoms with Crippen molar-refractivity contribution in [2.45, 2.75) is 393 Å². The molecule has 0 saturated heterocycles. The van der Waals surface area contributed by atoms with Gasteiger partial charge in [-0.3, -0.25) is 28.3 Å². The second-order valence-corrected chi connectivity index (χ2v) is 28.7. The molecule has 17 nitrogen and oxygen atoms in total. The van der Waals surface area contributed by atoms with Gasteiger partial charge in [0.25, 0.3) is 15.6 Å². The Morgan fingerprint density at radius 3 is 0.707 bits per heavy atom. The van der Waals surface area contributed by atoms with E-state index in [2.05, 4.69) is 38.3 Å². The number of ether oxygens (including phenoxy) is 2. The number of phosphoric acid groups is 2. The molecular formula is C71H138N2Na2O15P2. The minimum Gasteiger partial charge on any atom is -0.756 e. The minimum absolute atomic E-state index is 0. The quantitative estimate of drug-likeness (QED) is 0.0222. The zero-order valence-corrected chi connectivity index (χ0v) is 66.0. The number of esters is 2. The Bertz CT molecular complexity index is 1750. The maximum absolute atomic E-state index is 13.1. The van der Waals surface area contributed by atoms with Crippen molar-refractivity contribution >= 4 is 39.4 Å². The van der Waals surface area contributed by atoms with Crippen LogP contribution in [-0.4, -0.2) is 86.7 Å². The van der Waals surface area contributed by atoms with Crippen LogP contribution >= 0.6 is 15.6 Å². The number of hydrogen-bond acceptors (Lipinski definition) is 15. The molecule has 0 heterocycles. The molecule has 0 aromatic rings. The topological polar surface area (TPSA) is 248 Å². The molecule has 0 fully saturated rings. The average Bonchev–Trinajstić information content (AvgIpc) is 2.53. The number of hydrogen-bond donors (Lipinski definition) is 3. The fraction of sp³-hybridized carbons (Fsp3) is 0.944. The molecule has 0 aromatic carbocycles. The monoisotopic (exact) mass is 1370 g/mol. The Morgan fingerprint density at radius 2 is 0.489 bits per heavy atom. The first-order chi connectivity index (χ1) is 43.7. The predicted octanol–water partition coefficient (Wildman–Crippen LogP) is 12.6. The van der Waals surface area contributed by atoms with Crippen LogP contribution in [0.4, 0.5) is 0 Å². The predicted molar refractivity (Wildman–Crippen MR) is 363 cm³/mol. The third-order valence-electron chi connectivity index (χ3n) is 16.8. The van der Waals surface area contributed by atoms with Crippen molar-refractivity contribution in [3.05, 3.63) is 0 Å². The van der Waals surface area contributed by atoms with E-state index in [0.717, 1.165) is 77.0 Å². The number of rotatable bonds is 72. The molecule has 534 valence electrons. The number of carbonyl (C=O) groups is 4. The van der Waals surface area contributed by atoms with Crippen molar-refractivity contribution in [2.75, 3.05) is 39.6 Å². The average molecular weight is 1370 g/mol. The molecule has 0 aliphatic heterocycles. The molecule has 0 aliphatic rings. The molecule has 0 aromatic heterocycles. The van der Waals surface area contributed by atoms with Crippen LogP contribution in [-0.2, 0) is 55.9 Å². The number of amides is 2. The van der Waals surface area contributed by atoms with Gasteiger partial charge in [0, 0.05) is 25.7 Å². The first kappa shape index (κ1) is 96.2. The molecule has 0 rings (SSSR count). The fourth-order valence-electron chi connectivity index (χ4n) is 11.1. The van der Waals surface area contributed by atoms with Gasteiger partial charge in [0.05, 0.1) is 38.5 Å².